The van der Waals surface area contributed by atoms with Crippen LogP contribution >= 0.6 is 0 Å². The summed E-state index contributed by atoms with van der Waals surface area (Å²) in [6.07, 6.45) is -1.54. The summed E-state index contributed by atoms with van der Waals surface area (Å²) in [4.78, 5) is 9.84. The van der Waals surface area contributed by atoms with E-state index in [-0.39, 0.29) is 57.1 Å². The van der Waals surface area contributed by atoms with Gasteiger partial charge in [0.1, 0.15) is 0 Å². The van der Waals surface area contributed by atoms with Crippen molar-refractivity contribution in [1.29, 1.82) is 0 Å². The van der Waals surface area contributed by atoms with Crippen LogP contribution in [-0.4, -0.2) is 6.16 Å². The van der Waals surface area contributed by atoms with Crippen LogP contribution in [0.3, 0.4) is 0 Å². The largest absolute Gasteiger partial charge is 1.00 e. The second-order valence-electron chi connectivity index (χ2n) is 1.67. The van der Waals surface area contributed by atoms with E-state index in [0.717, 1.165) is 0 Å². The van der Waals surface area contributed by atoms with Gasteiger partial charge in [-0.15, -0.1) is 0 Å². The van der Waals surface area contributed by atoms with Gasteiger partial charge in [0.15, 0.2) is 0 Å². The summed E-state index contributed by atoms with van der Waals surface area (Å²) in [6, 6.07) is 8.20. The molecule has 0 N–H and O–H groups in total. The predicted octanol–water partition coefficient (Wildman–Crippen LogP) is -2.59. The molecular weight excluding hydrogens is 171 g/mol. The maximum atomic E-state index is 9.84. The third-order valence-electron chi connectivity index (χ3n) is 0.944. The molecule has 0 unspecified atom stereocenters. The minimum absolute atomic E-state index is 0. The van der Waals surface area contributed by atoms with Crippen molar-refractivity contribution >= 4 is 6.16 Å². The minimum Gasteiger partial charge on any atom is -0.514 e. The number of rotatable bonds is 1. The summed E-state index contributed by atoms with van der Waals surface area (Å²) in [5.74, 6) is 0.280. The Balaban J connectivity index is 0.000001000. The number of carbonyl (C=O) groups is 1. The van der Waals surface area contributed by atoms with Crippen molar-refractivity contribution in [3.63, 3.8) is 0 Å². The third-order valence-corrected chi connectivity index (χ3v) is 0.944. The van der Waals surface area contributed by atoms with E-state index in [9.17, 15) is 9.90 Å². The van der Waals surface area contributed by atoms with Crippen LogP contribution in [0.15, 0.2) is 30.3 Å². The molecule has 0 spiro atoms. The van der Waals surface area contributed by atoms with Gasteiger partial charge in [0.25, 0.3) is 6.16 Å². The Hall–Kier alpha value is 0.126. The first kappa shape index (κ1) is 11.1. The van der Waals surface area contributed by atoms with Gasteiger partial charge in [-0.3, -0.25) is 0 Å². The van der Waals surface area contributed by atoms with Crippen LogP contribution < -0.4 is 61.2 Å². The standard InChI is InChI=1S/C7H6O3.K/c8-7(9)10-6-4-2-1-3-5-6;/h1-5H,(H,8,9);/q;+1/p-1. The second kappa shape index (κ2) is 5.74. The van der Waals surface area contributed by atoms with Crippen molar-refractivity contribution in [2.24, 2.45) is 0 Å². The number of hydrogen-bond donors (Lipinski definition) is 0. The van der Waals surface area contributed by atoms with Crippen LogP contribution in [0.1, 0.15) is 0 Å². The van der Waals surface area contributed by atoms with E-state index in [2.05, 4.69) is 4.74 Å². The monoisotopic (exact) mass is 176 g/mol. The summed E-state index contributed by atoms with van der Waals surface area (Å²) in [5, 5.41) is 9.84. The zero-order valence-electron chi connectivity index (χ0n) is 6.11. The zero-order valence-corrected chi connectivity index (χ0v) is 9.23. The number of hydrogen-bond acceptors (Lipinski definition) is 3. The first-order chi connectivity index (χ1) is 4.79. The number of para-hydroxylation sites is 1. The van der Waals surface area contributed by atoms with E-state index in [0.29, 0.717) is 0 Å². The molecule has 1 aromatic rings. The molecule has 0 radical (unpaired) electrons. The molecule has 0 aliphatic rings. The number of ether oxygens (including phenoxy) is 1. The minimum atomic E-state index is -1.54. The normalized spacial score (nSPS) is 8.00. The Morgan fingerprint density at radius 1 is 1.27 bits per heavy atom. The van der Waals surface area contributed by atoms with Gasteiger partial charge in [-0.05, 0) is 12.1 Å². The van der Waals surface area contributed by atoms with Crippen molar-refractivity contribution in [3.05, 3.63) is 30.3 Å². The Bertz CT molecular complexity index is 222. The molecule has 0 saturated carbocycles. The smallest absolute Gasteiger partial charge is 0.514 e. The van der Waals surface area contributed by atoms with Crippen LogP contribution in [0.2, 0.25) is 0 Å². The fourth-order valence-corrected chi connectivity index (χ4v) is 0.585. The van der Waals surface area contributed by atoms with Crippen LogP contribution in [0, 0.1) is 0 Å². The molecule has 0 aliphatic heterocycles. The number of benzene rings is 1. The first-order valence-corrected chi connectivity index (χ1v) is 2.73. The summed E-state index contributed by atoms with van der Waals surface area (Å²) in [5.41, 5.74) is 0. The Kier molecular flexibility index (Phi) is 5.80. The van der Waals surface area contributed by atoms with Gasteiger partial charge >= 0.3 is 51.4 Å². The molecule has 0 aromatic heterocycles. The van der Waals surface area contributed by atoms with Crippen LogP contribution in [0.5, 0.6) is 5.75 Å². The molecule has 4 heteroatoms. The van der Waals surface area contributed by atoms with Crippen molar-refractivity contribution in [2.75, 3.05) is 0 Å². The van der Waals surface area contributed by atoms with E-state index in [1.165, 1.54) is 12.1 Å². The Labute approximate surface area is 107 Å². The van der Waals surface area contributed by atoms with E-state index < -0.39 is 6.16 Å². The molecule has 0 bridgehead atoms. The van der Waals surface area contributed by atoms with Gasteiger partial charge in [0, 0.05) is 0 Å². The second-order valence-corrected chi connectivity index (χ2v) is 1.67. The van der Waals surface area contributed by atoms with Gasteiger partial charge in [-0.2, -0.15) is 0 Å². The predicted molar refractivity (Wildman–Crippen MR) is 32.5 cm³/mol. The third kappa shape index (κ3) is 4.55. The van der Waals surface area contributed by atoms with Crippen LogP contribution in [0.4, 0.5) is 4.79 Å². The van der Waals surface area contributed by atoms with Gasteiger partial charge in [0.05, 0.1) is 5.75 Å². The van der Waals surface area contributed by atoms with E-state index >= 15 is 0 Å². The quantitative estimate of drug-likeness (QED) is 0.268. The van der Waals surface area contributed by atoms with Crippen LogP contribution in [0.25, 0.3) is 0 Å². The topological polar surface area (TPSA) is 49.4 Å². The van der Waals surface area contributed by atoms with Crippen molar-refractivity contribution in [1.82, 2.24) is 0 Å². The van der Waals surface area contributed by atoms with Gasteiger partial charge < -0.3 is 14.6 Å². The molecule has 0 heterocycles. The fourth-order valence-electron chi connectivity index (χ4n) is 0.585. The molecule has 0 amide bonds. The van der Waals surface area contributed by atoms with Gasteiger partial charge in [-0.1, -0.05) is 18.2 Å². The van der Waals surface area contributed by atoms with E-state index in [1.54, 1.807) is 18.2 Å². The Morgan fingerprint density at radius 2 is 1.82 bits per heavy atom. The molecule has 0 atom stereocenters. The molecular formula is C7H5KO3. The first-order valence-electron chi connectivity index (χ1n) is 2.73. The SMILES string of the molecule is O=C([O-])Oc1ccccc1.[K+]. The van der Waals surface area contributed by atoms with E-state index in [1.807, 2.05) is 0 Å². The molecule has 3 nitrogen and oxygen atoms in total. The molecule has 1 rings (SSSR count). The van der Waals surface area contributed by atoms with Crippen LogP contribution in [-0.2, 0) is 0 Å². The molecule has 0 saturated heterocycles. The average molecular weight is 176 g/mol. The van der Waals surface area contributed by atoms with Gasteiger partial charge in [0.2, 0.25) is 0 Å². The van der Waals surface area contributed by atoms with E-state index in [4.69, 9.17) is 0 Å². The maximum absolute atomic E-state index is 9.84. The van der Waals surface area contributed by atoms with Gasteiger partial charge in [-0.25, -0.2) is 0 Å². The zero-order chi connectivity index (χ0) is 7.40. The van der Waals surface area contributed by atoms with Crippen molar-refractivity contribution in [2.45, 2.75) is 0 Å². The summed E-state index contributed by atoms with van der Waals surface area (Å²) >= 11 is 0. The number of carbonyl (C=O) groups excluding carboxylic acids is 1. The fraction of sp³-hybridized carbons (Fsp3) is 0. The average Bonchev–Trinajstić information content (AvgIpc) is 1.88. The van der Waals surface area contributed by atoms with Crippen molar-refractivity contribution < 1.29 is 66.0 Å². The molecule has 11 heavy (non-hydrogen) atoms. The number of carboxylic acid groups (broad SMARTS) is 1. The Morgan fingerprint density at radius 3 is 2.27 bits per heavy atom. The summed E-state index contributed by atoms with van der Waals surface area (Å²) in [7, 11) is 0. The summed E-state index contributed by atoms with van der Waals surface area (Å²) < 4.78 is 4.22. The maximum Gasteiger partial charge on any atom is 1.00 e. The molecule has 52 valence electrons. The molecule has 1 aromatic carbocycles. The molecule has 0 aliphatic carbocycles. The summed E-state index contributed by atoms with van der Waals surface area (Å²) in [6.45, 7) is 0. The van der Waals surface area contributed by atoms with Crippen molar-refractivity contribution in [3.8, 4) is 5.75 Å². The molecule has 0 fully saturated rings.